The summed E-state index contributed by atoms with van der Waals surface area (Å²) in [6.07, 6.45) is 80.6. The monoisotopic (exact) mass is 1060 g/mol. The number of carbonyl (C=O) groups excluding carboxylic acids is 2. The molecule has 0 spiro atoms. The Morgan fingerprint density at radius 3 is 1.01 bits per heavy atom. The first-order valence-corrected chi connectivity index (χ1v) is 34.1. The van der Waals surface area contributed by atoms with Crippen molar-refractivity contribution in [3.05, 3.63) is 24.3 Å². The van der Waals surface area contributed by atoms with Crippen LogP contribution >= 0.6 is 0 Å². The summed E-state index contributed by atoms with van der Waals surface area (Å²) in [5, 5.41) is 23.3. The Morgan fingerprint density at radius 1 is 0.373 bits per heavy atom. The second-order valence-electron chi connectivity index (χ2n) is 23.5. The maximum atomic E-state index is 12.5. The summed E-state index contributed by atoms with van der Waals surface area (Å²) < 4.78 is 5.50. The van der Waals surface area contributed by atoms with Crippen molar-refractivity contribution in [1.82, 2.24) is 5.32 Å². The summed E-state index contributed by atoms with van der Waals surface area (Å²) in [4.78, 5) is 24.6. The van der Waals surface area contributed by atoms with Crippen LogP contribution in [0.3, 0.4) is 0 Å². The third-order valence-electron chi connectivity index (χ3n) is 16.0. The Morgan fingerprint density at radius 2 is 0.667 bits per heavy atom. The van der Waals surface area contributed by atoms with E-state index < -0.39 is 12.1 Å². The minimum Gasteiger partial charge on any atom is -0.466 e. The molecule has 0 radical (unpaired) electrons. The summed E-state index contributed by atoms with van der Waals surface area (Å²) in [5.41, 5.74) is 0. The maximum Gasteiger partial charge on any atom is 0.305 e. The highest BCUT2D eigenvalue weighted by atomic mass is 16.5. The average Bonchev–Trinajstić information content (AvgIpc) is 3.41. The SMILES string of the molecule is CCCCCCCCCCCCCCCCCCCCC(=O)OCCCCCCCCCCC/C=C\C/C=C\CCCCCCCCCC(=O)NC(CO)C(O)CCCCCCCCCCCCCCCCCCC. The molecular weight excluding hydrogens is 923 g/mol. The highest BCUT2D eigenvalue weighted by Crippen LogP contribution is 2.18. The zero-order chi connectivity index (χ0) is 54.3. The number of nitrogens with one attached hydrogen (secondary N) is 1. The van der Waals surface area contributed by atoms with Gasteiger partial charge in [0.1, 0.15) is 0 Å². The van der Waals surface area contributed by atoms with E-state index in [0.717, 1.165) is 44.9 Å². The summed E-state index contributed by atoms with van der Waals surface area (Å²) >= 11 is 0. The van der Waals surface area contributed by atoms with Crippen LogP contribution in [0.2, 0.25) is 0 Å². The van der Waals surface area contributed by atoms with Gasteiger partial charge >= 0.3 is 5.97 Å². The van der Waals surface area contributed by atoms with E-state index in [0.29, 0.717) is 25.9 Å². The van der Waals surface area contributed by atoms with Gasteiger partial charge in [0.2, 0.25) is 5.91 Å². The van der Waals surface area contributed by atoms with Crippen LogP contribution in [0.5, 0.6) is 0 Å². The molecule has 0 aliphatic heterocycles. The van der Waals surface area contributed by atoms with E-state index in [2.05, 4.69) is 43.5 Å². The lowest BCUT2D eigenvalue weighted by atomic mass is 10.0. The van der Waals surface area contributed by atoms with E-state index in [9.17, 15) is 19.8 Å². The number of unbranched alkanes of at least 4 members (excludes halogenated alkanes) is 49. The third-order valence-corrected chi connectivity index (χ3v) is 16.0. The molecule has 0 aliphatic rings. The van der Waals surface area contributed by atoms with Gasteiger partial charge in [-0.15, -0.1) is 0 Å². The molecule has 0 aromatic heterocycles. The Kier molecular flexibility index (Phi) is 63.4. The fraction of sp³-hybridized carbons (Fsp3) is 0.913. The van der Waals surface area contributed by atoms with Crippen LogP contribution in [0.1, 0.15) is 380 Å². The molecular formula is C69H133NO5. The van der Waals surface area contributed by atoms with E-state index in [4.69, 9.17) is 4.74 Å². The first-order chi connectivity index (χ1) is 37.0. The number of aliphatic hydroxyl groups excluding tert-OH is 2. The molecule has 0 saturated carbocycles. The molecule has 0 saturated heterocycles. The van der Waals surface area contributed by atoms with Crippen molar-refractivity contribution >= 4 is 11.9 Å². The van der Waals surface area contributed by atoms with Gasteiger partial charge in [0.25, 0.3) is 0 Å². The number of carbonyl (C=O) groups is 2. The number of ether oxygens (including phenoxy) is 1. The second kappa shape index (κ2) is 64.9. The molecule has 6 heteroatoms. The van der Waals surface area contributed by atoms with E-state index in [1.165, 1.54) is 302 Å². The van der Waals surface area contributed by atoms with E-state index >= 15 is 0 Å². The van der Waals surface area contributed by atoms with Crippen molar-refractivity contribution in [2.75, 3.05) is 13.2 Å². The van der Waals surface area contributed by atoms with Crippen molar-refractivity contribution < 1.29 is 24.5 Å². The zero-order valence-corrected chi connectivity index (χ0v) is 50.8. The molecule has 0 bridgehead atoms. The number of esters is 1. The molecule has 2 atom stereocenters. The number of aliphatic hydroxyl groups is 2. The molecule has 3 N–H and O–H groups in total. The summed E-state index contributed by atoms with van der Waals surface area (Å²) in [6, 6.07) is -0.549. The maximum absolute atomic E-state index is 12.5. The average molecular weight is 1060 g/mol. The highest BCUT2D eigenvalue weighted by Gasteiger charge is 2.20. The number of amides is 1. The summed E-state index contributed by atoms with van der Waals surface area (Å²) in [6.45, 7) is 4.98. The number of rotatable bonds is 64. The van der Waals surface area contributed by atoms with Gasteiger partial charge in [0.05, 0.1) is 25.4 Å². The van der Waals surface area contributed by atoms with Crippen LogP contribution in [0.25, 0.3) is 0 Å². The number of hydrogen-bond donors (Lipinski definition) is 3. The van der Waals surface area contributed by atoms with Gasteiger partial charge in [0.15, 0.2) is 0 Å². The fourth-order valence-corrected chi connectivity index (χ4v) is 10.8. The topological polar surface area (TPSA) is 95.9 Å². The quantitative estimate of drug-likeness (QED) is 0.0320. The molecule has 444 valence electrons. The van der Waals surface area contributed by atoms with Crippen molar-refractivity contribution in [2.45, 2.75) is 392 Å². The Labute approximate surface area is 469 Å². The highest BCUT2D eigenvalue weighted by molar-refractivity contribution is 5.76. The minimum absolute atomic E-state index is 0.0122. The fourth-order valence-electron chi connectivity index (χ4n) is 10.8. The van der Waals surface area contributed by atoms with Crippen LogP contribution in [-0.2, 0) is 14.3 Å². The number of hydrogen-bond acceptors (Lipinski definition) is 5. The molecule has 2 unspecified atom stereocenters. The van der Waals surface area contributed by atoms with Crippen molar-refractivity contribution in [2.24, 2.45) is 0 Å². The zero-order valence-electron chi connectivity index (χ0n) is 50.8. The molecule has 0 aliphatic carbocycles. The van der Waals surface area contributed by atoms with E-state index in [-0.39, 0.29) is 18.5 Å². The van der Waals surface area contributed by atoms with Gasteiger partial charge in [-0.05, 0) is 57.8 Å². The van der Waals surface area contributed by atoms with Crippen LogP contribution in [-0.4, -0.2) is 47.4 Å². The second-order valence-corrected chi connectivity index (χ2v) is 23.5. The Balaban J connectivity index is 3.42. The molecule has 6 nitrogen and oxygen atoms in total. The van der Waals surface area contributed by atoms with E-state index in [1.54, 1.807) is 0 Å². The van der Waals surface area contributed by atoms with Crippen LogP contribution in [0.15, 0.2) is 24.3 Å². The largest absolute Gasteiger partial charge is 0.466 e. The van der Waals surface area contributed by atoms with Crippen LogP contribution in [0.4, 0.5) is 0 Å². The molecule has 0 aromatic rings. The third kappa shape index (κ3) is 61.4. The predicted molar refractivity (Wildman–Crippen MR) is 329 cm³/mol. The van der Waals surface area contributed by atoms with E-state index in [1.807, 2.05) is 0 Å². The number of allylic oxidation sites excluding steroid dienone is 4. The lowest BCUT2D eigenvalue weighted by Crippen LogP contribution is -2.45. The molecule has 0 aromatic carbocycles. The molecule has 75 heavy (non-hydrogen) atoms. The predicted octanol–water partition coefficient (Wildman–Crippen LogP) is 21.8. The summed E-state index contributed by atoms with van der Waals surface area (Å²) in [7, 11) is 0. The molecule has 0 rings (SSSR count). The first-order valence-electron chi connectivity index (χ1n) is 34.1. The van der Waals surface area contributed by atoms with Crippen LogP contribution in [0, 0.1) is 0 Å². The smallest absolute Gasteiger partial charge is 0.305 e. The molecule has 0 fully saturated rings. The molecule has 0 heterocycles. The van der Waals surface area contributed by atoms with Crippen molar-refractivity contribution in [1.29, 1.82) is 0 Å². The Bertz CT molecular complexity index is 1170. The van der Waals surface area contributed by atoms with Crippen molar-refractivity contribution in [3.8, 4) is 0 Å². The van der Waals surface area contributed by atoms with Gasteiger partial charge in [-0.2, -0.15) is 0 Å². The van der Waals surface area contributed by atoms with Gasteiger partial charge in [-0.25, -0.2) is 0 Å². The van der Waals surface area contributed by atoms with Gasteiger partial charge in [-0.3, -0.25) is 9.59 Å². The normalized spacial score (nSPS) is 12.6. The molecule has 1 amide bonds. The Hall–Kier alpha value is -1.66. The van der Waals surface area contributed by atoms with Gasteiger partial charge in [-0.1, -0.05) is 334 Å². The van der Waals surface area contributed by atoms with Gasteiger partial charge < -0.3 is 20.3 Å². The van der Waals surface area contributed by atoms with Crippen LogP contribution < -0.4 is 5.32 Å². The minimum atomic E-state index is -0.671. The lowest BCUT2D eigenvalue weighted by molar-refractivity contribution is -0.143. The first kappa shape index (κ1) is 73.3. The van der Waals surface area contributed by atoms with Gasteiger partial charge in [0, 0.05) is 12.8 Å². The standard InChI is InChI=1S/C69H133NO5/c1-3-5-7-9-11-13-15-17-19-21-31-35-39-43-47-51-55-59-63-69(74)75-64-60-56-52-48-44-40-36-32-28-26-24-22-23-25-27-30-34-38-42-46-50-54-58-62-68(73)70-66(65-71)67(72)61-57-53-49-45-41-37-33-29-20-18-16-14-12-10-8-6-4-2/h22,24-25,27,66-67,71-72H,3-21,23,26,28-65H2,1-2H3,(H,70,73)/b24-22-,27-25-. The lowest BCUT2D eigenvalue weighted by Gasteiger charge is -2.22. The summed E-state index contributed by atoms with van der Waals surface area (Å²) in [5.74, 6) is -0.0302. The van der Waals surface area contributed by atoms with Crippen molar-refractivity contribution in [3.63, 3.8) is 0 Å².